The first-order chi connectivity index (χ1) is 11.7. The largest absolute Gasteiger partial charge is 0.359 e. The molecule has 1 aliphatic heterocycles. The van der Waals surface area contributed by atoms with Crippen molar-refractivity contribution in [2.45, 2.75) is 6.42 Å². The highest BCUT2D eigenvalue weighted by atomic mass is 19.1. The molecule has 4 rings (SSSR count). The summed E-state index contributed by atoms with van der Waals surface area (Å²) in [6, 6.07) is 10.00. The quantitative estimate of drug-likeness (QED) is 0.783. The van der Waals surface area contributed by atoms with Crippen LogP contribution in [0.5, 0.6) is 0 Å². The Balaban J connectivity index is 1.57. The number of halogens is 1. The van der Waals surface area contributed by atoms with Gasteiger partial charge in [0.25, 0.3) is 5.91 Å². The number of amides is 1. The second-order valence-electron chi connectivity index (χ2n) is 5.81. The van der Waals surface area contributed by atoms with Crippen molar-refractivity contribution in [2.24, 2.45) is 0 Å². The van der Waals surface area contributed by atoms with Gasteiger partial charge < -0.3 is 9.88 Å². The van der Waals surface area contributed by atoms with Gasteiger partial charge in [-0.05, 0) is 36.3 Å². The molecule has 3 heterocycles. The van der Waals surface area contributed by atoms with E-state index in [1.54, 1.807) is 23.2 Å². The molecule has 0 saturated heterocycles. The standard InChI is InChI=1S/C19H16FN3O/c20-16-5-2-1-4-14(16)19(24)23-10-7-13(8-11-23)15-12-22-17-6-3-9-21-18(15)17/h1-7,9,12,22H,8,10-11H2. The molecule has 1 amide bonds. The first kappa shape index (κ1) is 14.6. The van der Waals surface area contributed by atoms with Gasteiger partial charge in [0.2, 0.25) is 0 Å². The lowest BCUT2D eigenvalue weighted by Gasteiger charge is -2.26. The van der Waals surface area contributed by atoms with Crippen molar-refractivity contribution in [3.8, 4) is 0 Å². The van der Waals surface area contributed by atoms with E-state index in [0.717, 1.165) is 28.6 Å². The second-order valence-corrected chi connectivity index (χ2v) is 5.81. The minimum Gasteiger partial charge on any atom is -0.359 e. The van der Waals surface area contributed by atoms with Gasteiger partial charge in [-0.2, -0.15) is 0 Å². The maximum atomic E-state index is 13.8. The van der Waals surface area contributed by atoms with Crippen molar-refractivity contribution in [1.82, 2.24) is 14.9 Å². The number of rotatable bonds is 2. The predicted octanol–water partition coefficient (Wildman–Crippen LogP) is 3.63. The van der Waals surface area contributed by atoms with Gasteiger partial charge in [0.15, 0.2) is 0 Å². The lowest BCUT2D eigenvalue weighted by Crippen LogP contribution is -2.35. The molecule has 1 N–H and O–H groups in total. The van der Waals surface area contributed by atoms with Crippen LogP contribution in [0.15, 0.2) is 54.9 Å². The Morgan fingerprint density at radius 1 is 1.21 bits per heavy atom. The lowest BCUT2D eigenvalue weighted by molar-refractivity contribution is 0.0768. The first-order valence-electron chi connectivity index (χ1n) is 7.89. The molecule has 0 radical (unpaired) electrons. The molecule has 0 saturated carbocycles. The fourth-order valence-corrected chi connectivity index (χ4v) is 3.10. The highest BCUT2D eigenvalue weighted by Crippen LogP contribution is 2.28. The summed E-state index contributed by atoms with van der Waals surface area (Å²) < 4.78 is 13.8. The molecule has 5 heteroatoms. The van der Waals surface area contributed by atoms with E-state index in [-0.39, 0.29) is 11.5 Å². The minimum absolute atomic E-state index is 0.128. The number of fused-ring (bicyclic) bond motifs is 1. The third-order valence-electron chi connectivity index (χ3n) is 4.38. The Hall–Kier alpha value is -2.95. The zero-order valence-corrected chi connectivity index (χ0v) is 13.0. The molecule has 0 bridgehead atoms. The molecule has 1 aliphatic rings. The third-order valence-corrected chi connectivity index (χ3v) is 4.38. The monoisotopic (exact) mass is 321 g/mol. The number of carbonyl (C=O) groups excluding carboxylic acids is 1. The van der Waals surface area contributed by atoms with E-state index in [4.69, 9.17) is 0 Å². The third kappa shape index (κ3) is 2.48. The summed E-state index contributed by atoms with van der Waals surface area (Å²) in [4.78, 5) is 21.8. The summed E-state index contributed by atoms with van der Waals surface area (Å²) in [6.45, 7) is 1.04. The SMILES string of the molecule is O=C(c1ccccc1F)N1CC=C(c2c[nH]c3cccnc23)CC1. The number of carbonyl (C=O) groups is 1. The van der Waals surface area contributed by atoms with Crippen LogP contribution in [-0.2, 0) is 0 Å². The molecule has 4 nitrogen and oxygen atoms in total. The van der Waals surface area contributed by atoms with Gasteiger partial charge >= 0.3 is 0 Å². The van der Waals surface area contributed by atoms with Gasteiger partial charge in [-0.3, -0.25) is 9.78 Å². The first-order valence-corrected chi connectivity index (χ1v) is 7.89. The number of pyridine rings is 1. The van der Waals surface area contributed by atoms with Crippen LogP contribution in [0.4, 0.5) is 4.39 Å². The van der Waals surface area contributed by atoms with Crippen LogP contribution in [0.1, 0.15) is 22.3 Å². The molecule has 120 valence electrons. The van der Waals surface area contributed by atoms with Gasteiger partial charge in [-0.15, -0.1) is 0 Å². The Morgan fingerprint density at radius 2 is 2.08 bits per heavy atom. The fraction of sp³-hybridized carbons (Fsp3) is 0.158. The van der Waals surface area contributed by atoms with Gasteiger partial charge in [-0.25, -0.2) is 4.39 Å². The summed E-state index contributed by atoms with van der Waals surface area (Å²) in [5.41, 5.74) is 4.31. The molecule has 0 fully saturated rings. The molecule has 24 heavy (non-hydrogen) atoms. The Bertz CT molecular complexity index is 944. The van der Waals surface area contributed by atoms with E-state index in [0.29, 0.717) is 13.1 Å². The summed E-state index contributed by atoms with van der Waals surface area (Å²) in [6.07, 6.45) is 6.48. The second kappa shape index (κ2) is 5.92. The van der Waals surface area contributed by atoms with Crippen LogP contribution in [0, 0.1) is 5.82 Å². The summed E-state index contributed by atoms with van der Waals surface area (Å²) in [5, 5.41) is 0. The maximum Gasteiger partial charge on any atom is 0.257 e. The smallest absolute Gasteiger partial charge is 0.257 e. The number of aromatic amines is 1. The predicted molar refractivity (Wildman–Crippen MR) is 91.0 cm³/mol. The highest BCUT2D eigenvalue weighted by molar-refractivity contribution is 5.95. The topological polar surface area (TPSA) is 49.0 Å². The van der Waals surface area contributed by atoms with Gasteiger partial charge in [0.05, 0.1) is 16.6 Å². The van der Waals surface area contributed by atoms with E-state index >= 15 is 0 Å². The number of hydrogen-bond donors (Lipinski definition) is 1. The van der Waals surface area contributed by atoms with Crippen molar-refractivity contribution in [2.75, 3.05) is 13.1 Å². The summed E-state index contributed by atoms with van der Waals surface area (Å²) in [5.74, 6) is -0.737. The molecule has 2 aromatic heterocycles. The molecule has 0 aliphatic carbocycles. The van der Waals surface area contributed by atoms with Crippen molar-refractivity contribution in [1.29, 1.82) is 0 Å². The van der Waals surface area contributed by atoms with Crippen molar-refractivity contribution in [3.63, 3.8) is 0 Å². The number of hydrogen-bond acceptors (Lipinski definition) is 2. The normalized spacial score (nSPS) is 14.7. The highest BCUT2D eigenvalue weighted by Gasteiger charge is 2.22. The van der Waals surface area contributed by atoms with Crippen LogP contribution in [0.3, 0.4) is 0 Å². The molecular formula is C19H16FN3O. The molecule has 0 spiro atoms. The van der Waals surface area contributed by atoms with Gasteiger partial charge in [0.1, 0.15) is 5.82 Å². The summed E-state index contributed by atoms with van der Waals surface area (Å²) >= 11 is 0. The zero-order chi connectivity index (χ0) is 16.5. The molecule has 0 atom stereocenters. The van der Waals surface area contributed by atoms with E-state index < -0.39 is 5.82 Å². The molecule has 3 aromatic rings. The average Bonchev–Trinajstić information content (AvgIpc) is 3.06. The number of benzene rings is 1. The van der Waals surface area contributed by atoms with Crippen LogP contribution < -0.4 is 0 Å². The van der Waals surface area contributed by atoms with Crippen LogP contribution in [-0.4, -0.2) is 33.9 Å². The van der Waals surface area contributed by atoms with Crippen molar-refractivity contribution >= 4 is 22.5 Å². The molecule has 1 aromatic carbocycles. The van der Waals surface area contributed by atoms with Crippen molar-refractivity contribution < 1.29 is 9.18 Å². The van der Waals surface area contributed by atoms with Crippen molar-refractivity contribution in [3.05, 3.63) is 71.8 Å². The van der Waals surface area contributed by atoms with Gasteiger partial charge in [0, 0.05) is 31.0 Å². The lowest BCUT2D eigenvalue weighted by atomic mass is 10.0. The number of nitrogens with zero attached hydrogens (tertiary/aromatic N) is 2. The summed E-state index contributed by atoms with van der Waals surface area (Å²) in [7, 11) is 0. The van der Waals surface area contributed by atoms with Crippen LogP contribution in [0.2, 0.25) is 0 Å². The molecular weight excluding hydrogens is 305 g/mol. The average molecular weight is 321 g/mol. The number of H-pyrrole nitrogens is 1. The van der Waals surface area contributed by atoms with E-state index in [1.807, 2.05) is 24.4 Å². The Morgan fingerprint density at radius 3 is 2.88 bits per heavy atom. The number of aromatic nitrogens is 2. The zero-order valence-electron chi connectivity index (χ0n) is 13.0. The Kier molecular flexibility index (Phi) is 3.61. The van der Waals surface area contributed by atoms with Crippen LogP contribution >= 0.6 is 0 Å². The number of nitrogens with one attached hydrogen (secondary N) is 1. The van der Waals surface area contributed by atoms with Gasteiger partial charge in [-0.1, -0.05) is 18.2 Å². The van der Waals surface area contributed by atoms with E-state index in [1.165, 1.54) is 12.1 Å². The Labute approximate surface area is 138 Å². The van der Waals surface area contributed by atoms with E-state index in [2.05, 4.69) is 9.97 Å². The van der Waals surface area contributed by atoms with Crippen LogP contribution in [0.25, 0.3) is 16.6 Å². The molecule has 0 unspecified atom stereocenters. The fourth-order valence-electron chi connectivity index (χ4n) is 3.10. The maximum absolute atomic E-state index is 13.8. The van der Waals surface area contributed by atoms with E-state index in [9.17, 15) is 9.18 Å². The minimum atomic E-state index is -0.474.